The second-order valence-corrected chi connectivity index (χ2v) is 13.0. The van der Waals surface area contributed by atoms with Gasteiger partial charge < -0.3 is 9.31 Å². The molecule has 4 rings (SSSR count). The molecule has 4 aliphatic heterocycles. The molecule has 0 aliphatic carbocycles. The zero-order valence-electron chi connectivity index (χ0n) is 19.6. The molecule has 170 valence electrons. The van der Waals surface area contributed by atoms with Crippen LogP contribution in [-0.4, -0.2) is 49.1 Å². The lowest BCUT2D eigenvalue weighted by Crippen LogP contribution is -2.40. The minimum absolute atomic E-state index is 0.416. The Hall–Kier alpha value is 0.750. The van der Waals surface area contributed by atoms with Crippen molar-refractivity contribution in [2.45, 2.75) is 126 Å². The van der Waals surface area contributed by atoms with Crippen molar-refractivity contribution in [3.05, 3.63) is 0 Å². The lowest BCUT2D eigenvalue weighted by Gasteiger charge is -2.40. The fraction of sp³-hybridized carbons (Fsp3) is 1.00. The Labute approximate surface area is 195 Å². The third-order valence-corrected chi connectivity index (χ3v) is 11.0. The molecule has 2 atom stereocenters. The molecule has 6 heteroatoms. The van der Waals surface area contributed by atoms with Crippen molar-refractivity contribution in [3.63, 3.8) is 0 Å². The van der Waals surface area contributed by atoms with Gasteiger partial charge in [0.1, 0.15) is 0 Å². The van der Waals surface area contributed by atoms with E-state index in [9.17, 15) is 0 Å². The second-order valence-electron chi connectivity index (χ2n) is 10.7. The van der Waals surface area contributed by atoms with Gasteiger partial charge in [0.15, 0.2) is 0 Å². The molecule has 2 nitrogen and oxygen atoms in total. The predicted octanol–water partition coefficient (Wildman–Crippen LogP) is 7.46. The van der Waals surface area contributed by atoms with Crippen LogP contribution < -0.4 is 0 Å². The van der Waals surface area contributed by atoms with E-state index in [1.807, 2.05) is 0 Å². The molecule has 30 heavy (non-hydrogen) atoms. The van der Waals surface area contributed by atoms with E-state index >= 15 is 0 Å². The summed E-state index contributed by atoms with van der Waals surface area (Å²) in [7, 11) is 0. The third kappa shape index (κ3) is 6.64. The molecule has 0 N–H and O–H groups in total. The predicted molar refractivity (Wildman–Crippen MR) is 138 cm³/mol. The zero-order chi connectivity index (χ0) is 20.8. The summed E-state index contributed by atoms with van der Waals surface area (Å²) in [5.74, 6) is 8.28. The average Bonchev–Trinajstić information content (AvgIpc) is 2.70. The van der Waals surface area contributed by atoms with E-state index in [-0.39, 0.29) is 0 Å². The zero-order valence-corrected chi connectivity index (χ0v) is 21.2. The fourth-order valence-corrected chi connectivity index (χ4v) is 9.00. The molecule has 4 heterocycles. The van der Waals surface area contributed by atoms with Crippen molar-refractivity contribution >= 4 is 37.4 Å². The number of hydrogen-bond acceptors (Lipinski definition) is 4. The van der Waals surface area contributed by atoms with E-state index in [0.29, 0.717) is 26.0 Å². The monoisotopic (exact) mass is 450 g/mol. The van der Waals surface area contributed by atoms with E-state index in [1.165, 1.54) is 88.6 Å². The summed E-state index contributed by atoms with van der Waals surface area (Å²) in [5.41, 5.74) is 0. The van der Waals surface area contributed by atoms with Crippen LogP contribution in [0.15, 0.2) is 0 Å². The van der Waals surface area contributed by atoms with Crippen LogP contribution in [0.4, 0.5) is 0 Å². The Kier molecular flexibility index (Phi) is 9.78. The van der Waals surface area contributed by atoms with Crippen molar-refractivity contribution in [3.8, 4) is 0 Å². The Bertz CT molecular complexity index is 424. The minimum Gasteiger partial charge on any atom is -0.432 e. The van der Waals surface area contributed by atoms with Gasteiger partial charge in [-0.1, -0.05) is 77.0 Å². The van der Waals surface area contributed by atoms with Gasteiger partial charge in [-0.15, -0.1) is 0 Å². The molecule has 0 amide bonds. The van der Waals surface area contributed by atoms with Gasteiger partial charge in [0.05, 0.1) is 0 Å². The second kappa shape index (κ2) is 12.3. The molecule has 4 bridgehead atoms. The highest BCUT2D eigenvalue weighted by Gasteiger charge is 2.42. The number of fused-ring (bicyclic) bond motifs is 4. The first-order valence-corrected chi connectivity index (χ1v) is 15.5. The summed E-state index contributed by atoms with van der Waals surface area (Å²) in [6.07, 6.45) is 17.9. The van der Waals surface area contributed by atoms with Gasteiger partial charge in [0.25, 0.3) is 13.8 Å². The first kappa shape index (κ1) is 23.9. The Morgan fingerprint density at radius 1 is 0.600 bits per heavy atom. The maximum atomic E-state index is 6.58. The summed E-state index contributed by atoms with van der Waals surface area (Å²) >= 11 is 4.18. The Morgan fingerprint density at radius 2 is 0.900 bits per heavy atom. The van der Waals surface area contributed by atoms with Crippen LogP contribution in [0, 0.1) is 0 Å². The third-order valence-electron chi connectivity index (χ3n) is 8.31. The van der Waals surface area contributed by atoms with Crippen LogP contribution in [0.25, 0.3) is 0 Å². The summed E-state index contributed by atoms with van der Waals surface area (Å²) in [6.45, 7) is 5.77. The van der Waals surface area contributed by atoms with Gasteiger partial charge in [-0.25, -0.2) is 0 Å². The molecule has 0 saturated carbocycles. The molecule has 0 aromatic rings. The maximum Gasteiger partial charge on any atom is 0.299 e. The lowest BCUT2D eigenvalue weighted by molar-refractivity contribution is 0.213. The van der Waals surface area contributed by atoms with Crippen LogP contribution in [-0.2, 0) is 9.31 Å². The Balaban J connectivity index is 1.05. The molecule has 0 spiro atoms. The van der Waals surface area contributed by atoms with Crippen molar-refractivity contribution < 1.29 is 9.31 Å². The SMILES string of the molecule is CC(CSCCSCC(C)OB1C2CCCC1CCC2)OB1C2CCCC1CCC2. The first-order chi connectivity index (χ1) is 14.7. The lowest BCUT2D eigenvalue weighted by atomic mass is 9.38. The summed E-state index contributed by atoms with van der Waals surface area (Å²) in [6, 6.07) is 0. The van der Waals surface area contributed by atoms with Crippen molar-refractivity contribution in [2.75, 3.05) is 23.0 Å². The molecule has 0 aromatic heterocycles. The quantitative estimate of drug-likeness (QED) is 0.240. The van der Waals surface area contributed by atoms with Crippen LogP contribution >= 0.6 is 23.5 Å². The van der Waals surface area contributed by atoms with Gasteiger partial charge in [0, 0.05) is 35.2 Å². The standard InChI is InChI=1S/C24H44B2O2S2/c1-19(27-25-21-7-3-8-22(25)10-4-9-21)17-29-15-16-30-18-20(2)28-26-23-11-5-12-24(26)14-6-13-23/h19-24H,3-18H2,1-2H3. The minimum atomic E-state index is 0.416. The molecular weight excluding hydrogens is 406 g/mol. The van der Waals surface area contributed by atoms with Crippen molar-refractivity contribution in [2.24, 2.45) is 0 Å². The molecular formula is C24H44B2O2S2. The van der Waals surface area contributed by atoms with Crippen molar-refractivity contribution in [1.82, 2.24) is 0 Å². The number of thioether (sulfide) groups is 2. The molecule has 4 saturated heterocycles. The summed E-state index contributed by atoms with van der Waals surface area (Å²) < 4.78 is 13.2. The fourth-order valence-electron chi connectivity index (χ4n) is 6.91. The van der Waals surface area contributed by atoms with Crippen LogP contribution in [0.5, 0.6) is 0 Å². The average molecular weight is 450 g/mol. The highest BCUT2D eigenvalue weighted by Crippen LogP contribution is 2.48. The number of hydrogen-bond donors (Lipinski definition) is 0. The summed E-state index contributed by atoms with van der Waals surface area (Å²) in [4.78, 5) is 0. The van der Waals surface area contributed by atoms with Crippen LogP contribution in [0.2, 0.25) is 23.3 Å². The van der Waals surface area contributed by atoms with Crippen LogP contribution in [0.1, 0.15) is 90.9 Å². The highest BCUT2D eigenvalue weighted by atomic mass is 32.2. The molecule has 2 unspecified atom stereocenters. The van der Waals surface area contributed by atoms with Gasteiger partial charge in [0.2, 0.25) is 0 Å². The maximum absolute atomic E-state index is 6.58. The normalized spacial score (nSPS) is 33.4. The number of rotatable bonds is 11. The molecule has 4 aliphatic rings. The first-order valence-electron chi connectivity index (χ1n) is 13.2. The van der Waals surface area contributed by atoms with Gasteiger partial charge >= 0.3 is 0 Å². The highest BCUT2D eigenvalue weighted by molar-refractivity contribution is 8.02. The van der Waals surface area contributed by atoms with E-state index in [0.717, 1.165) is 34.8 Å². The molecule has 0 radical (unpaired) electrons. The molecule has 4 fully saturated rings. The largest absolute Gasteiger partial charge is 0.432 e. The van der Waals surface area contributed by atoms with E-state index < -0.39 is 0 Å². The van der Waals surface area contributed by atoms with Crippen LogP contribution in [0.3, 0.4) is 0 Å². The van der Waals surface area contributed by atoms with Gasteiger partial charge in [-0.3, -0.25) is 0 Å². The van der Waals surface area contributed by atoms with E-state index in [1.54, 1.807) is 0 Å². The van der Waals surface area contributed by atoms with Gasteiger partial charge in [-0.2, -0.15) is 23.5 Å². The van der Waals surface area contributed by atoms with E-state index in [4.69, 9.17) is 9.31 Å². The topological polar surface area (TPSA) is 18.5 Å². The smallest absolute Gasteiger partial charge is 0.299 e. The Morgan fingerprint density at radius 3 is 1.20 bits per heavy atom. The van der Waals surface area contributed by atoms with Crippen molar-refractivity contribution in [1.29, 1.82) is 0 Å². The molecule has 0 aromatic carbocycles. The summed E-state index contributed by atoms with van der Waals surface area (Å²) in [5, 5.41) is 0. The van der Waals surface area contributed by atoms with Gasteiger partial charge in [-0.05, 0) is 37.1 Å². The van der Waals surface area contributed by atoms with E-state index in [2.05, 4.69) is 37.4 Å².